The highest BCUT2D eigenvalue weighted by Crippen LogP contribution is 2.44. The molecule has 1 amide bonds. The molecule has 19 heteroatoms. The quantitative estimate of drug-likeness (QED) is 0.240. The van der Waals surface area contributed by atoms with Gasteiger partial charge in [0.05, 0.1) is 20.3 Å². The van der Waals surface area contributed by atoms with E-state index in [1.54, 1.807) is 4.72 Å². The molecule has 1 aliphatic heterocycles. The van der Waals surface area contributed by atoms with E-state index in [4.69, 9.17) is 27.6 Å². The number of hydrogen-bond donors (Lipinski definition) is 2. The first-order chi connectivity index (χ1) is 20.9. The van der Waals surface area contributed by atoms with E-state index in [0.29, 0.717) is 0 Å². The van der Waals surface area contributed by atoms with Gasteiger partial charge >= 0.3 is 12.1 Å². The highest BCUT2D eigenvalue weighted by molar-refractivity contribution is 7.89. The minimum Gasteiger partial charge on any atom is -0.481 e. The van der Waals surface area contributed by atoms with E-state index in [0.717, 1.165) is 24.3 Å². The molecule has 0 aliphatic carbocycles. The maximum atomic E-state index is 13.8. The number of carbonyl (C=O) groups is 2. The maximum absolute atomic E-state index is 13.8. The van der Waals surface area contributed by atoms with Crippen molar-refractivity contribution in [3.63, 3.8) is 0 Å². The number of hydrogen-bond acceptors (Lipinski definition) is 9. The van der Waals surface area contributed by atoms with Crippen LogP contribution in [0.5, 0.6) is 0 Å². The molecule has 246 valence electrons. The lowest BCUT2D eigenvalue weighted by Crippen LogP contribution is -2.44. The zero-order valence-electron chi connectivity index (χ0n) is 23.9. The van der Waals surface area contributed by atoms with Crippen molar-refractivity contribution in [2.75, 3.05) is 13.1 Å². The number of likely N-dealkylation sites (tertiary alicyclic amines) is 1. The predicted molar refractivity (Wildman–Crippen MR) is 156 cm³/mol. The van der Waals surface area contributed by atoms with Crippen molar-refractivity contribution in [3.8, 4) is 21.3 Å². The van der Waals surface area contributed by atoms with E-state index in [2.05, 4.69) is 15.2 Å². The highest BCUT2D eigenvalue weighted by atomic mass is 35.5. The fraction of sp³-hybridized carbons (Fsp3) is 0.500. The van der Waals surface area contributed by atoms with Gasteiger partial charge in [-0.15, -0.1) is 21.5 Å². The minimum atomic E-state index is -4.86. The molecular formula is C26H27Cl2F4N5O6S2. The number of nitrogens with one attached hydrogen (secondary N) is 1. The molecule has 1 aromatic carbocycles. The van der Waals surface area contributed by atoms with Crippen LogP contribution in [0.1, 0.15) is 56.4 Å². The Kier molecular flexibility index (Phi) is 10.2. The molecule has 45 heavy (non-hydrogen) atoms. The molecule has 2 N–H and O–H groups in total. The van der Waals surface area contributed by atoms with Crippen LogP contribution in [-0.4, -0.2) is 77.0 Å². The van der Waals surface area contributed by atoms with Gasteiger partial charge in [0.1, 0.15) is 22.8 Å². The number of carboxylic acid groups (broad SMARTS) is 1. The number of amides is 1. The van der Waals surface area contributed by atoms with Gasteiger partial charge in [-0.25, -0.2) is 17.8 Å². The summed E-state index contributed by atoms with van der Waals surface area (Å²) in [7, 11) is -4.80. The van der Waals surface area contributed by atoms with Crippen LogP contribution in [0.25, 0.3) is 21.3 Å². The number of benzene rings is 1. The van der Waals surface area contributed by atoms with Crippen LogP contribution in [-0.2, 0) is 21.2 Å². The number of piperidine rings is 1. The van der Waals surface area contributed by atoms with Crippen LogP contribution >= 0.6 is 34.5 Å². The molecule has 1 aliphatic rings. The Labute approximate surface area is 269 Å². The Morgan fingerprint density at radius 3 is 2.40 bits per heavy atom. The molecule has 3 aromatic rings. The Bertz CT molecular complexity index is 1710. The summed E-state index contributed by atoms with van der Waals surface area (Å²) in [6, 6.07) is -0.247. The van der Waals surface area contributed by atoms with Gasteiger partial charge in [-0.2, -0.15) is 17.9 Å². The molecule has 0 spiro atoms. The number of alkyl halides is 4. The molecule has 1 fully saturated rings. The van der Waals surface area contributed by atoms with E-state index >= 15 is 0 Å². The van der Waals surface area contributed by atoms with Crippen LogP contribution in [0.2, 0.25) is 10.0 Å². The Hall–Kier alpha value is -2.86. The van der Waals surface area contributed by atoms with Gasteiger partial charge in [-0.3, -0.25) is 9.59 Å². The molecular weight excluding hydrogens is 689 g/mol. The summed E-state index contributed by atoms with van der Waals surface area (Å²) in [6.45, 7) is 4.28. The van der Waals surface area contributed by atoms with Crippen molar-refractivity contribution >= 4 is 56.4 Å². The Morgan fingerprint density at radius 1 is 1.18 bits per heavy atom. The summed E-state index contributed by atoms with van der Waals surface area (Å²) in [4.78, 5) is 30.3. The molecule has 0 bridgehead atoms. The van der Waals surface area contributed by atoms with Gasteiger partial charge in [-0.05, 0) is 39.2 Å². The van der Waals surface area contributed by atoms with Crippen molar-refractivity contribution in [1.82, 2.24) is 24.8 Å². The largest absolute Gasteiger partial charge is 0.481 e. The molecule has 0 radical (unpaired) electrons. The second-order valence-corrected chi connectivity index (χ2v) is 14.3. The van der Waals surface area contributed by atoms with Gasteiger partial charge < -0.3 is 14.4 Å². The average Bonchev–Trinajstić information content (AvgIpc) is 3.59. The van der Waals surface area contributed by atoms with Crippen molar-refractivity contribution in [1.29, 1.82) is 0 Å². The van der Waals surface area contributed by atoms with Crippen LogP contribution in [0.15, 0.2) is 21.4 Å². The summed E-state index contributed by atoms with van der Waals surface area (Å²) in [5.74, 6) is -1.87. The zero-order chi connectivity index (χ0) is 33.5. The van der Waals surface area contributed by atoms with Crippen LogP contribution in [0, 0.1) is 5.41 Å². The monoisotopic (exact) mass is 715 g/mol. The van der Waals surface area contributed by atoms with E-state index in [1.807, 2.05) is 0 Å². The van der Waals surface area contributed by atoms with Crippen LogP contribution < -0.4 is 4.72 Å². The molecule has 1 atom stereocenters. The predicted octanol–water partition coefficient (Wildman–Crippen LogP) is 6.01. The fourth-order valence-electron chi connectivity index (χ4n) is 4.35. The molecule has 0 saturated carbocycles. The van der Waals surface area contributed by atoms with E-state index in [9.17, 15) is 40.7 Å². The van der Waals surface area contributed by atoms with Crippen molar-refractivity contribution in [3.05, 3.63) is 33.8 Å². The second kappa shape index (κ2) is 13.1. The first-order valence-corrected chi connectivity index (χ1v) is 16.5. The van der Waals surface area contributed by atoms with Gasteiger partial charge in [0.2, 0.25) is 15.9 Å². The highest BCUT2D eigenvalue weighted by Gasteiger charge is 2.42. The summed E-state index contributed by atoms with van der Waals surface area (Å²) >= 11 is 13.7. The lowest BCUT2D eigenvalue weighted by atomic mass is 9.90. The number of rotatable bonds is 10. The van der Waals surface area contributed by atoms with Gasteiger partial charge in [0.25, 0.3) is 11.8 Å². The fourth-order valence-corrected chi connectivity index (χ4v) is 7.59. The van der Waals surface area contributed by atoms with Crippen LogP contribution in [0.3, 0.4) is 0 Å². The number of thiazole rings is 1. The van der Waals surface area contributed by atoms with Crippen molar-refractivity contribution in [2.24, 2.45) is 5.41 Å². The van der Waals surface area contributed by atoms with Crippen LogP contribution in [0.4, 0.5) is 17.6 Å². The Morgan fingerprint density at radius 2 is 1.82 bits per heavy atom. The van der Waals surface area contributed by atoms with E-state index < -0.39 is 62.0 Å². The standard InChI is InChI=1S/C26H27Cl2F4N5O6S2/c1-4-15(26(30,31)32)36-45(41,42)14-6-5-13(17(27)18(14)28)20-19(23(38)37-9-7-12(29)8-10-37)33-22(44-20)21-35-34-16(43-21)11-25(2,3)24(39)40/h5-6,12,15,36H,4,7-11H2,1-3H3,(H,39,40). The smallest absolute Gasteiger partial charge is 0.404 e. The lowest BCUT2D eigenvalue weighted by molar-refractivity contribution is -0.151. The van der Waals surface area contributed by atoms with E-state index in [1.165, 1.54) is 24.8 Å². The summed E-state index contributed by atoms with van der Waals surface area (Å²) in [6.07, 6.45) is -6.42. The summed E-state index contributed by atoms with van der Waals surface area (Å²) < 4.78 is 86.7. The average molecular weight is 717 g/mol. The minimum absolute atomic E-state index is 0.0144. The molecule has 1 unspecified atom stereocenters. The first-order valence-electron chi connectivity index (χ1n) is 13.4. The molecule has 2 aromatic heterocycles. The number of sulfonamides is 1. The zero-order valence-corrected chi connectivity index (χ0v) is 27.1. The Balaban J connectivity index is 1.78. The third kappa shape index (κ3) is 7.59. The number of carboxylic acids is 1. The number of aromatic nitrogens is 3. The molecule has 11 nitrogen and oxygen atoms in total. The third-order valence-corrected chi connectivity index (χ3v) is 10.6. The number of nitrogens with zero attached hydrogens (tertiary/aromatic N) is 4. The molecule has 1 saturated heterocycles. The normalized spacial score (nSPS) is 15.8. The number of carbonyl (C=O) groups excluding carboxylic acids is 1. The van der Waals surface area contributed by atoms with Gasteiger partial charge in [0.15, 0.2) is 5.01 Å². The summed E-state index contributed by atoms with van der Waals surface area (Å²) in [5, 5.41) is 16.3. The molecule has 3 heterocycles. The molecule has 4 rings (SSSR count). The summed E-state index contributed by atoms with van der Waals surface area (Å²) in [5.41, 5.74) is -1.38. The van der Waals surface area contributed by atoms with Gasteiger partial charge in [0, 0.05) is 25.1 Å². The van der Waals surface area contributed by atoms with E-state index in [-0.39, 0.29) is 70.3 Å². The topological polar surface area (TPSA) is 156 Å². The first kappa shape index (κ1) is 35.0. The van der Waals surface area contributed by atoms with Crippen molar-refractivity contribution < 1.29 is 45.1 Å². The lowest BCUT2D eigenvalue weighted by Gasteiger charge is -2.28. The van der Waals surface area contributed by atoms with Crippen molar-refractivity contribution in [2.45, 2.75) is 69.7 Å². The number of aliphatic carboxylic acids is 1. The second-order valence-electron chi connectivity index (χ2n) is 10.9. The number of halogens is 6. The third-order valence-electron chi connectivity index (χ3n) is 7.05. The SMILES string of the molecule is CCC(NS(=O)(=O)c1ccc(-c2sc(-c3nnc(CC(C)(C)C(=O)O)o3)nc2C(=O)N2CCC(F)CC2)c(Cl)c1Cl)C(F)(F)F. The van der Waals surface area contributed by atoms with Gasteiger partial charge in [-0.1, -0.05) is 36.2 Å². The maximum Gasteiger partial charge on any atom is 0.404 e.